The lowest BCUT2D eigenvalue weighted by molar-refractivity contribution is 0.602. The summed E-state index contributed by atoms with van der Waals surface area (Å²) in [6, 6.07) is 4.49. The van der Waals surface area contributed by atoms with E-state index in [0.29, 0.717) is 11.6 Å². The molecule has 1 atom stereocenters. The minimum absolute atomic E-state index is 0.0435. The topological polar surface area (TPSA) is 52.0 Å². The van der Waals surface area contributed by atoms with E-state index in [2.05, 4.69) is 0 Å². The molecule has 0 bridgehead atoms. The van der Waals surface area contributed by atoms with Crippen LogP contribution in [-0.4, -0.2) is 0 Å². The van der Waals surface area contributed by atoms with Gasteiger partial charge in [-0.15, -0.1) is 0 Å². The third kappa shape index (κ3) is 1.80. The first-order chi connectivity index (χ1) is 6.16. The van der Waals surface area contributed by atoms with E-state index in [1.807, 2.05) is 0 Å². The molecule has 1 aromatic rings. The summed E-state index contributed by atoms with van der Waals surface area (Å²) in [5.74, 6) is 0.229. The van der Waals surface area contributed by atoms with Crippen molar-refractivity contribution in [2.75, 3.05) is 5.73 Å². The number of rotatable bonds is 2. The zero-order valence-corrected chi connectivity index (χ0v) is 7.33. The molecule has 2 rings (SSSR count). The van der Waals surface area contributed by atoms with E-state index in [4.69, 9.17) is 11.5 Å². The molecular formula is C10H13FN2. The normalized spacial score (nSPS) is 18.6. The molecule has 0 saturated heterocycles. The van der Waals surface area contributed by atoms with Crippen molar-refractivity contribution in [3.05, 3.63) is 29.6 Å². The Hall–Kier alpha value is -1.09. The van der Waals surface area contributed by atoms with E-state index in [1.165, 1.54) is 12.1 Å². The van der Waals surface area contributed by atoms with Gasteiger partial charge in [0.25, 0.3) is 0 Å². The van der Waals surface area contributed by atoms with E-state index in [1.54, 1.807) is 6.07 Å². The Labute approximate surface area is 76.7 Å². The second-order valence-corrected chi connectivity index (χ2v) is 3.68. The van der Waals surface area contributed by atoms with Gasteiger partial charge in [-0.1, -0.05) is 0 Å². The summed E-state index contributed by atoms with van der Waals surface area (Å²) in [5, 5.41) is 0. The van der Waals surface area contributed by atoms with E-state index in [-0.39, 0.29) is 11.9 Å². The second kappa shape index (κ2) is 3.00. The zero-order valence-electron chi connectivity index (χ0n) is 7.33. The maximum atomic E-state index is 12.9. The summed E-state index contributed by atoms with van der Waals surface area (Å²) < 4.78 is 12.9. The first-order valence-electron chi connectivity index (χ1n) is 4.48. The molecule has 0 aliphatic heterocycles. The number of hydrogen-bond acceptors (Lipinski definition) is 2. The van der Waals surface area contributed by atoms with Gasteiger partial charge in [-0.25, -0.2) is 4.39 Å². The molecule has 0 radical (unpaired) electrons. The zero-order chi connectivity index (χ0) is 9.42. The lowest BCUT2D eigenvalue weighted by Crippen LogP contribution is -2.12. The highest BCUT2D eigenvalue weighted by Crippen LogP contribution is 2.39. The van der Waals surface area contributed by atoms with Crippen molar-refractivity contribution in [2.24, 2.45) is 11.7 Å². The Morgan fingerprint density at radius 2 is 2.00 bits per heavy atom. The third-order valence-electron chi connectivity index (χ3n) is 2.46. The number of nitrogens with two attached hydrogens (primary N) is 2. The molecule has 0 aromatic heterocycles. The van der Waals surface area contributed by atoms with Crippen LogP contribution in [-0.2, 0) is 0 Å². The average molecular weight is 180 g/mol. The van der Waals surface area contributed by atoms with E-state index in [0.717, 1.165) is 18.4 Å². The van der Waals surface area contributed by atoms with E-state index >= 15 is 0 Å². The van der Waals surface area contributed by atoms with E-state index in [9.17, 15) is 4.39 Å². The van der Waals surface area contributed by atoms with Crippen LogP contribution in [0.4, 0.5) is 10.1 Å². The number of nitrogen functional groups attached to an aromatic ring is 1. The van der Waals surface area contributed by atoms with Crippen LogP contribution in [0.3, 0.4) is 0 Å². The van der Waals surface area contributed by atoms with Gasteiger partial charge in [-0.2, -0.15) is 0 Å². The monoisotopic (exact) mass is 180 g/mol. The Morgan fingerprint density at radius 3 is 2.54 bits per heavy atom. The minimum Gasteiger partial charge on any atom is -0.399 e. The predicted molar refractivity (Wildman–Crippen MR) is 50.5 cm³/mol. The summed E-state index contributed by atoms with van der Waals surface area (Å²) in [4.78, 5) is 0. The van der Waals surface area contributed by atoms with Gasteiger partial charge in [-0.3, -0.25) is 0 Å². The van der Waals surface area contributed by atoms with Crippen LogP contribution in [0.2, 0.25) is 0 Å². The van der Waals surface area contributed by atoms with Crippen molar-refractivity contribution < 1.29 is 4.39 Å². The Bertz CT molecular complexity index is 300. The average Bonchev–Trinajstić information content (AvgIpc) is 2.83. The smallest absolute Gasteiger partial charge is 0.125 e. The summed E-state index contributed by atoms with van der Waals surface area (Å²) in [7, 11) is 0. The summed E-state index contributed by atoms with van der Waals surface area (Å²) in [5.41, 5.74) is 12.7. The van der Waals surface area contributed by atoms with Crippen LogP contribution in [0, 0.1) is 11.7 Å². The summed E-state index contributed by atoms with van der Waals surface area (Å²) >= 11 is 0. The number of anilines is 1. The Balaban J connectivity index is 2.27. The van der Waals surface area contributed by atoms with Crippen LogP contribution in [0.15, 0.2) is 18.2 Å². The van der Waals surface area contributed by atoms with Gasteiger partial charge < -0.3 is 11.5 Å². The molecule has 3 heteroatoms. The van der Waals surface area contributed by atoms with Crippen molar-refractivity contribution in [1.82, 2.24) is 0 Å². The number of hydrogen-bond donors (Lipinski definition) is 2. The van der Waals surface area contributed by atoms with Crippen LogP contribution in [0.1, 0.15) is 24.4 Å². The number of benzene rings is 1. The molecule has 4 N–H and O–H groups in total. The van der Waals surface area contributed by atoms with Gasteiger partial charge in [-0.05, 0) is 42.5 Å². The van der Waals surface area contributed by atoms with Gasteiger partial charge in [0.15, 0.2) is 0 Å². The highest BCUT2D eigenvalue weighted by molar-refractivity contribution is 5.42. The molecule has 1 aliphatic carbocycles. The van der Waals surface area contributed by atoms with Crippen LogP contribution < -0.4 is 11.5 Å². The minimum atomic E-state index is -0.300. The predicted octanol–water partition coefficient (Wildman–Crippen LogP) is 1.82. The van der Waals surface area contributed by atoms with Crippen molar-refractivity contribution in [3.63, 3.8) is 0 Å². The molecule has 13 heavy (non-hydrogen) atoms. The van der Waals surface area contributed by atoms with Gasteiger partial charge >= 0.3 is 0 Å². The van der Waals surface area contributed by atoms with Crippen LogP contribution in [0.5, 0.6) is 0 Å². The largest absolute Gasteiger partial charge is 0.399 e. The van der Waals surface area contributed by atoms with Crippen molar-refractivity contribution in [2.45, 2.75) is 18.9 Å². The first-order valence-corrected chi connectivity index (χ1v) is 4.48. The second-order valence-electron chi connectivity index (χ2n) is 3.68. The lowest BCUT2D eigenvalue weighted by Gasteiger charge is -2.11. The fourth-order valence-electron chi connectivity index (χ4n) is 1.56. The molecule has 0 unspecified atom stereocenters. The number of halogens is 1. The molecule has 1 saturated carbocycles. The molecule has 1 aliphatic rings. The molecule has 0 spiro atoms. The Morgan fingerprint density at radius 1 is 1.31 bits per heavy atom. The molecule has 0 heterocycles. The highest BCUT2D eigenvalue weighted by atomic mass is 19.1. The maximum absolute atomic E-state index is 12.9. The Kier molecular flexibility index (Phi) is 1.96. The van der Waals surface area contributed by atoms with Gasteiger partial charge in [0.2, 0.25) is 0 Å². The third-order valence-corrected chi connectivity index (χ3v) is 2.46. The maximum Gasteiger partial charge on any atom is 0.125 e. The van der Waals surface area contributed by atoms with Crippen molar-refractivity contribution >= 4 is 5.69 Å². The molecule has 70 valence electrons. The highest BCUT2D eigenvalue weighted by Gasteiger charge is 2.29. The van der Waals surface area contributed by atoms with Crippen molar-refractivity contribution in [3.8, 4) is 0 Å². The first kappa shape index (κ1) is 8.51. The van der Waals surface area contributed by atoms with Crippen LogP contribution >= 0.6 is 0 Å². The van der Waals surface area contributed by atoms with Gasteiger partial charge in [0.1, 0.15) is 5.82 Å². The fourth-order valence-corrected chi connectivity index (χ4v) is 1.56. The summed E-state index contributed by atoms with van der Waals surface area (Å²) in [6.45, 7) is 0. The van der Waals surface area contributed by atoms with Gasteiger partial charge in [0.05, 0.1) is 0 Å². The summed E-state index contributed by atoms with van der Waals surface area (Å²) in [6.07, 6.45) is 2.30. The molecule has 1 fully saturated rings. The SMILES string of the molecule is Nc1cc(F)cc([C@H](N)C2CC2)c1. The van der Waals surface area contributed by atoms with Crippen molar-refractivity contribution in [1.29, 1.82) is 0 Å². The molecule has 2 nitrogen and oxygen atoms in total. The van der Waals surface area contributed by atoms with E-state index < -0.39 is 0 Å². The fraction of sp³-hybridized carbons (Fsp3) is 0.400. The molecule has 1 aromatic carbocycles. The molecule has 0 amide bonds. The van der Waals surface area contributed by atoms with Gasteiger partial charge in [0, 0.05) is 11.7 Å². The standard InChI is InChI=1S/C10H13FN2/c11-8-3-7(4-9(12)5-8)10(13)6-1-2-6/h3-6,10H,1-2,12-13H2/t10-/m1/s1. The van der Waals surface area contributed by atoms with Crippen LogP contribution in [0.25, 0.3) is 0 Å². The lowest BCUT2D eigenvalue weighted by atomic mass is 10.0. The molecular weight excluding hydrogens is 167 g/mol. The quantitative estimate of drug-likeness (QED) is 0.682.